The fourth-order valence-electron chi connectivity index (χ4n) is 4.45. The molecule has 0 fully saturated rings. The number of benzene rings is 3. The molecule has 3 aromatic carbocycles. The van der Waals surface area contributed by atoms with Crippen LogP contribution in [0.15, 0.2) is 90.8 Å². The number of methoxy groups -OCH3 is 1. The van der Waals surface area contributed by atoms with Crippen molar-refractivity contribution in [1.82, 2.24) is 14.8 Å². The highest BCUT2D eigenvalue weighted by Gasteiger charge is 2.40. The Balaban J connectivity index is 1.63. The second kappa shape index (κ2) is 7.02. The summed E-state index contributed by atoms with van der Waals surface area (Å²) < 4.78 is 14.0. The Bertz CT molecular complexity index is 1300. The van der Waals surface area contributed by atoms with Crippen LogP contribution < -0.4 is 14.8 Å². The van der Waals surface area contributed by atoms with Gasteiger partial charge < -0.3 is 14.8 Å². The van der Waals surface area contributed by atoms with E-state index in [0.717, 1.165) is 39.5 Å². The molecule has 0 saturated heterocycles. The first-order chi connectivity index (χ1) is 15.3. The number of nitrogens with zero attached hydrogens (tertiary/aromatic N) is 3. The van der Waals surface area contributed by atoms with Crippen molar-refractivity contribution in [2.24, 2.45) is 0 Å². The lowest BCUT2D eigenvalue weighted by molar-refractivity contribution is 0.223. The van der Waals surface area contributed by atoms with E-state index in [2.05, 4.69) is 45.7 Å². The van der Waals surface area contributed by atoms with Gasteiger partial charge in [0.25, 0.3) is 0 Å². The Labute approximate surface area is 179 Å². The third-order valence-electron chi connectivity index (χ3n) is 5.83. The van der Waals surface area contributed by atoms with E-state index in [-0.39, 0.29) is 12.1 Å². The summed E-state index contributed by atoms with van der Waals surface area (Å²) in [5.41, 5.74) is 5.28. The fourth-order valence-corrected chi connectivity index (χ4v) is 4.45. The molecule has 3 heterocycles. The lowest BCUT2D eigenvalue weighted by Gasteiger charge is -2.39. The molecule has 0 amide bonds. The van der Waals surface area contributed by atoms with Crippen molar-refractivity contribution in [3.05, 3.63) is 107 Å². The summed E-state index contributed by atoms with van der Waals surface area (Å²) in [5, 5.41) is 8.08. The molecule has 6 heteroatoms. The molecule has 0 spiro atoms. The first-order valence-corrected chi connectivity index (χ1v) is 10.2. The molecule has 1 N–H and O–H groups in total. The predicted molar refractivity (Wildman–Crippen MR) is 118 cm³/mol. The molecule has 1 aromatic heterocycles. The van der Waals surface area contributed by atoms with Gasteiger partial charge in [-0.25, -0.2) is 4.68 Å². The first-order valence-electron chi connectivity index (χ1n) is 10.2. The summed E-state index contributed by atoms with van der Waals surface area (Å²) >= 11 is 0. The first kappa shape index (κ1) is 17.8. The average molecular weight is 408 g/mol. The van der Waals surface area contributed by atoms with Crippen LogP contribution in [0, 0.1) is 0 Å². The van der Waals surface area contributed by atoms with Crippen LogP contribution in [0.5, 0.6) is 11.5 Å². The Hall–Kier alpha value is -4.06. The summed E-state index contributed by atoms with van der Waals surface area (Å²) in [6.07, 6.45) is 1.31. The van der Waals surface area contributed by atoms with Crippen molar-refractivity contribution >= 4 is 11.6 Å². The Morgan fingerprint density at radius 1 is 0.935 bits per heavy atom. The Morgan fingerprint density at radius 2 is 1.74 bits per heavy atom. The summed E-state index contributed by atoms with van der Waals surface area (Å²) in [6, 6.07) is 26.3. The highest BCUT2D eigenvalue weighted by Crippen LogP contribution is 2.50. The number of hydrogen-bond donors (Lipinski definition) is 1. The lowest BCUT2D eigenvalue weighted by atomic mass is 9.84. The van der Waals surface area contributed by atoms with Crippen molar-refractivity contribution in [3.8, 4) is 11.5 Å². The zero-order chi connectivity index (χ0) is 20.8. The van der Waals surface area contributed by atoms with Crippen molar-refractivity contribution in [2.75, 3.05) is 12.4 Å². The number of hydrogen-bond acceptors (Lipinski definition) is 5. The van der Waals surface area contributed by atoms with E-state index in [1.54, 1.807) is 13.4 Å². The topological polar surface area (TPSA) is 61.2 Å². The van der Waals surface area contributed by atoms with E-state index in [1.165, 1.54) is 0 Å². The van der Waals surface area contributed by atoms with Crippen molar-refractivity contribution < 1.29 is 9.47 Å². The van der Waals surface area contributed by atoms with Crippen LogP contribution in [0.3, 0.4) is 0 Å². The van der Waals surface area contributed by atoms with Crippen LogP contribution in [0.2, 0.25) is 0 Å². The van der Waals surface area contributed by atoms with Gasteiger partial charge in [0.05, 0.1) is 12.8 Å². The maximum Gasteiger partial charge on any atom is 0.226 e. The fraction of sp³-hybridized carbons (Fsp3) is 0.120. The molecule has 6 nitrogen and oxygen atoms in total. The van der Waals surface area contributed by atoms with Gasteiger partial charge in [-0.2, -0.15) is 10.1 Å². The summed E-state index contributed by atoms with van der Waals surface area (Å²) in [5.74, 6) is 2.35. The molecule has 0 unspecified atom stereocenters. The van der Waals surface area contributed by atoms with E-state index in [9.17, 15) is 0 Å². The maximum atomic E-state index is 6.60. The van der Waals surface area contributed by atoms with Crippen LogP contribution in [-0.4, -0.2) is 21.9 Å². The van der Waals surface area contributed by atoms with Crippen molar-refractivity contribution in [1.29, 1.82) is 0 Å². The highest BCUT2D eigenvalue weighted by atomic mass is 16.5. The molecular weight excluding hydrogens is 388 g/mol. The molecule has 0 saturated carbocycles. The molecule has 4 aromatic rings. The molecule has 2 aliphatic rings. The third kappa shape index (κ3) is 2.79. The Morgan fingerprint density at radius 3 is 2.61 bits per heavy atom. The van der Waals surface area contributed by atoms with Gasteiger partial charge in [-0.3, -0.25) is 0 Å². The second-order valence-electron chi connectivity index (χ2n) is 7.57. The standard InChI is InChI=1S/C25H20N4O2/c1-30-18-11-7-10-17(14-18)23-21-22(28-25-26-15-27-29(23)25)19-12-5-6-13-20(19)31-24(21)16-8-3-2-4-9-16/h2-15,23-24H,1H3,(H,26,27,28)/t23-,24+/m1/s1. The number of para-hydroxylation sites is 1. The molecular formula is C25H20N4O2. The molecule has 0 radical (unpaired) electrons. The Kier molecular flexibility index (Phi) is 4.02. The van der Waals surface area contributed by atoms with Gasteiger partial charge in [-0.15, -0.1) is 0 Å². The van der Waals surface area contributed by atoms with Crippen molar-refractivity contribution in [3.63, 3.8) is 0 Å². The SMILES string of the molecule is COc1cccc([C@@H]2C3=C(Nc4ncnn42)c2ccccc2O[C@H]3c2ccccc2)c1. The van der Waals surface area contributed by atoms with Gasteiger partial charge >= 0.3 is 0 Å². The zero-order valence-corrected chi connectivity index (χ0v) is 16.9. The number of aromatic nitrogens is 3. The van der Waals surface area contributed by atoms with Gasteiger partial charge in [0.15, 0.2) is 0 Å². The predicted octanol–water partition coefficient (Wildman–Crippen LogP) is 4.85. The smallest absolute Gasteiger partial charge is 0.226 e. The lowest BCUT2D eigenvalue weighted by Crippen LogP contribution is -2.32. The summed E-state index contributed by atoms with van der Waals surface area (Å²) in [4.78, 5) is 4.47. The van der Waals surface area contributed by atoms with Crippen LogP contribution >= 0.6 is 0 Å². The van der Waals surface area contributed by atoms with Gasteiger partial charge in [0.2, 0.25) is 5.95 Å². The highest BCUT2D eigenvalue weighted by molar-refractivity contribution is 5.85. The molecule has 2 atom stereocenters. The van der Waals surface area contributed by atoms with E-state index < -0.39 is 0 Å². The van der Waals surface area contributed by atoms with Gasteiger partial charge in [-0.1, -0.05) is 54.6 Å². The molecule has 0 bridgehead atoms. The molecule has 0 aliphatic carbocycles. The number of nitrogens with one attached hydrogen (secondary N) is 1. The maximum absolute atomic E-state index is 6.60. The van der Waals surface area contributed by atoms with Gasteiger partial charge in [0, 0.05) is 11.1 Å². The zero-order valence-electron chi connectivity index (χ0n) is 16.9. The van der Waals surface area contributed by atoms with E-state index in [4.69, 9.17) is 9.47 Å². The summed E-state index contributed by atoms with van der Waals surface area (Å²) in [6.45, 7) is 0. The number of anilines is 1. The van der Waals surface area contributed by atoms with Crippen LogP contribution in [-0.2, 0) is 0 Å². The van der Waals surface area contributed by atoms with E-state index >= 15 is 0 Å². The quantitative estimate of drug-likeness (QED) is 0.525. The van der Waals surface area contributed by atoms with Crippen LogP contribution in [0.4, 0.5) is 5.95 Å². The van der Waals surface area contributed by atoms with Gasteiger partial charge in [0.1, 0.15) is 30.0 Å². The van der Waals surface area contributed by atoms with E-state index in [0.29, 0.717) is 5.95 Å². The minimum Gasteiger partial charge on any atom is -0.497 e. The van der Waals surface area contributed by atoms with Crippen molar-refractivity contribution in [2.45, 2.75) is 12.1 Å². The third-order valence-corrected chi connectivity index (χ3v) is 5.83. The largest absolute Gasteiger partial charge is 0.497 e. The summed E-state index contributed by atoms with van der Waals surface area (Å²) in [7, 11) is 1.68. The normalized spacial score (nSPS) is 18.9. The molecule has 6 rings (SSSR count). The monoisotopic (exact) mass is 408 g/mol. The van der Waals surface area contributed by atoms with Crippen LogP contribution in [0.1, 0.15) is 28.8 Å². The number of rotatable bonds is 3. The van der Waals surface area contributed by atoms with E-state index in [1.807, 2.05) is 53.2 Å². The van der Waals surface area contributed by atoms with Crippen LogP contribution in [0.25, 0.3) is 5.70 Å². The average Bonchev–Trinajstić information content (AvgIpc) is 3.31. The molecule has 31 heavy (non-hydrogen) atoms. The second-order valence-corrected chi connectivity index (χ2v) is 7.57. The minimum absolute atomic E-state index is 0.192. The van der Waals surface area contributed by atoms with Gasteiger partial charge in [-0.05, 0) is 35.4 Å². The number of fused-ring (bicyclic) bond motifs is 3. The molecule has 152 valence electrons. The minimum atomic E-state index is -0.271. The number of ether oxygens (including phenoxy) is 2. The molecule has 2 aliphatic heterocycles.